The van der Waals surface area contributed by atoms with Gasteiger partial charge in [0.05, 0.1) is 11.9 Å². The Labute approximate surface area is 152 Å². The average molecular weight is 373 g/mol. The van der Waals surface area contributed by atoms with Crippen molar-refractivity contribution in [3.05, 3.63) is 51.7 Å². The molecule has 3 heterocycles. The van der Waals surface area contributed by atoms with E-state index < -0.39 is 11.6 Å². The molecule has 0 fully saturated rings. The molecule has 27 heavy (non-hydrogen) atoms. The molecule has 0 aliphatic carbocycles. The summed E-state index contributed by atoms with van der Waals surface area (Å²) in [5, 5.41) is 4.36. The normalized spacial score (nSPS) is 13.8. The van der Waals surface area contributed by atoms with Crippen LogP contribution in [-0.2, 0) is 24.7 Å². The van der Waals surface area contributed by atoms with Crippen LogP contribution in [0.15, 0.2) is 23.1 Å². The first kappa shape index (κ1) is 17.3. The van der Waals surface area contributed by atoms with E-state index in [1.165, 1.54) is 15.8 Å². The number of H-pyrrole nitrogens is 1. The Morgan fingerprint density at radius 2 is 2.07 bits per heavy atom. The lowest BCUT2D eigenvalue weighted by atomic mass is 10.00. The van der Waals surface area contributed by atoms with Crippen molar-refractivity contribution in [2.45, 2.75) is 25.7 Å². The van der Waals surface area contributed by atoms with Crippen LogP contribution in [0.25, 0.3) is 11.0 Å². The second-order valence-electron chi connectivity index (χ2n) is 6.52. The Kier molecular flexibility index (Phi) is 4.21. The molecule has 3 aromatic rings. The Balaban J connectivity index is 1.57. The molecule has 0 atom stereocenters. The van der Waals surface area contributed by atoms with Crippen molar-refractivity contribution < 1.29 is 13.6 Å². The quantitative estimate of drug-likeness (QED) is 0.759. The van der Waals surface area contributed by atoms with Gasteiger partial charge in [-0.25, -0.2) is 13.8 Å². The third-order valence-corrected chi connectivity index (χ3v) is 4.78. The zero-order valence-electron chi connectivity index (χ0n) is 14.6. The molecule has 2 aromatic heterocycles. The number of rotatable bonds is 3. The zero-order valence-corrected chi connectivity index (χ0v) is 14.6. The van der Waals surface area contributed by atoms with Gasteiger partial charge in [-0.15, -0.1) is 0 Å². The molecule has 0 radical (unpaired) electrons. The minimum atomic E-state index is -0.609. The third-order valence-electron chi connectivity index (χ3n) is 4.78. The number of aromatic nitrogens is 4. The summed E-state index contributed by atoms with van der Waals surface area (Å²) in [6.45, 7) is 0.330. The number of benzene rings is 1. The van der Waals surface area contributed by atoms with E-state index in [2.05, 4.69) is 15.1 Å². The maximum absolute atomic E-state index is 14.2. The summed E-state index contributed by atoms with van der Waals surface area (Å²) in [4.78, 5) is 33.0. The second kappa shape index (κ2) is 6.57. The predicted molar refractivity (Wildman–Crippen MR) is 94.5 cm³/mol. The van der Waals surface area contributed by atoms with Crippen molar-refractivity contribution in [3.63, 3.8) is 0 Å². The summed E-state index contributed by atoms with van der Waals surface area (Å²) in [6.07, 6.45) is 2.58. The summed E-state index contributed by atoms with van der Waals surface area (Å²) in [7, 11) is 1.67. The van der Waals surface area contributed by atoms with Gasteiger partial charge in [-0.3, -0.25) is 14.3 Å². The van der Waals surface area contributed by atoms with Crippen LogP contribution in [-0.4, -0.2) is 32.2 Å². The summed E-state index contributed by atoms with van der Waals surface area (Å²) >= 11 is 0. The van der Waals surface area contributed by atoms with Crippen LogP contribution in [0, 0.1) is 11.6 Å². The van der Waals surface area contributed by atoms with E-state index in [9.17, 15) is 18.4 Å². The highest BCUT2D eigenvalue weighted by atomic mass is 19.1. The van der Waals surface area contributed by atoms with Gasteiger partial charge in [-0.2, -0.15) is 5.10 Å². The fraction of sp³-hybridized carbons (Fsp3) is 0.333. The fourth-order valence-corrected chi connectivity index (χ4v) is 3.44. The van der Waals surface area contributed by atoms with Gasteiger partial charge >= 0.3 is 0 Å². The number of hydrogen-bond acceptors (Lipinski definition) is 4. The molecule has 1 aromatic carbocycles. The largest absolute Gasteiger partial charge is 0.310 e. The van der Waals surface area contributed by atoms with E-state index in [0.29, 0.717) is 36.2 Å². The van der Waals surface area contributed by atoms with E-state index in [1.54, 1.807) is 7.05 Å². The number of hydrogen-bond donors (Lipinski definition) is 1. The molecular weight excluding hydrogens is 356 g/mol. The van der Waals surface area contributed by atoms with Gasteiger partial charge in [-0.05, 0) is 25.0 Å². The lowest BCUT2D eigenvalue weighted by Gasteiger charge is -2.30. The molecule has 1 aliphatic heterocycles. The Morgan fingerprint density at radius 3 is 2.89 bits per heavy atom. The first-order valence-electron chi connectivity index (χ1n) is 8.64. The van der Waals surface area contributed by atoms with Gasteiger partial charge in [-0.1, -0.05) is 0 Å². The Morgan fingerprint density at radius 1 is 1.30 bits per heavy atom. The van der Waals surface area contributed by atoms with Crippen molar-refractivity contribution in [2.24, 2.45) is 7.05 Å². The van der Waals surface area contributed by atoms with Crippen molar-refractivity contribution in [2.75, 3.05) is 11.4 Å². The van der Waals surface area contributed by atoms with Crippen LogP contribution < -0.4 is 10.5 Å². The summed E-state index contributed by atoms with van der Waals surface area (Å²) < 4.78 is 29.7. The molecule has 1 aliphatic rings. The average Bonchev–Trinajstić information content (AvgIpc) is 3.04. The third kappa shape index (κ3) is 2.98. The van der Waals surface area contributed by atoms with Crippen molar-refractivity contribution in [1.29, 1.82) is 0 Å². The van der Waals surface area contributed by atoms with Crippen LogP contribution in [0.2, 0.25) is 0 Å². The van der Waals surface area contributed by atoms with E-state index in [0.717, 1.165) is 12.1 Å². The summed E-state index contributed by atoms with van der Waals surface area (Å²) in [5.74, 6) is -1.10. The SMILES string of the molecule is Cn1ncc2c(=O)[nH]c(CCC(=O)N3CCCc4c(F)ccc(F)c43)nc21. The number of nitrogens with zero attached hydrogens (tertiary/aromatic N) is 4. The van der Waals surface area contributed by atoms with Gasteiger partial charge in [0.15, 0.2) is 5.65 Å². The molecular formula is C18H17F2N5O2. The Bertz CT molecular complexity index is 1110. The molecule has 0 saturated carbocycles. The summed E-state index contributed by atoms with van der Waals surface area (Å²) in [5.41, 5.74) is 0.358. The second-order valence-corrected chi connectivity index (χ2v) is 6.52. The first-order chi connectivity index (χ1) is 13.0. The van der Waals surface area contributed by atoms with E-state index >= 15 is 0 Å². The smallest absolute Gasteiger partial charge is 0.262 e. The molecule has 7 nitrogen and oxygen atoms in total. The van der Waals surface area contributed by atoms with Crippen molar-refractivity contribution in [3.8, 4) is 0 Å². The van der Waals surface area contributed by atoms with Crippen LogP contribution in [0.3, 0.4) is 0 Å². The molecule has 1 N–H and O–H groups in total. The molecule has 0 bridgehead atoms. The highest BCUT2D eigenvalue weighted by molar-refractivity contribution is 5.94. The number of aromatic amines is 1. The minimum Gasteiger partial charge on any atom is -0.310 e. The topological polar surface area (TPSA) is 83.9 Å². The lowest BCUT2D eigenvalue weighted by Crippen LogP contribution is -2.37. The van der Waals surface area contributed by atoms with Crippen LogP contribution >= 0.6 is 0 Å². The van der Waals surface area contributed by atoms with Crippen LogP contribution in [0.1, 0.15) is 24.2 Å². The number of amides is 1. The predicted octanol–water partition coefficient (Wildman–Crippen LogP) is 1.85. The first-order valence-corrected chi connectivity index (χ1v) is 8.64. The lowest BCUT2D eigenvalue weighted by molar-refractivity contribution is -0.118. The van der Waals surface area contributed by atoms with E-state index in [4.69, 9.17) is 0 Å². The Hall–Kier alpha value is -3.10. The maximum Gasteiger partial charge on any atom is 0.262 e. The molecule has 0 unspecified atom stereocenters. The monoisotopic (exact) mass is 373 g/mol. The number of halogens is 2. The van der Waals surface area contributed by atoms with Crippen molar-refractivity contribution >= 4 is 22.6 Å². The van der Waals surface area contributed by atoms with E-state index in [-0.39, 0.29) is 35.6 Å². The fourth-order valence-electron chi connectivity index (χ4n) is 3.44. The number of anilines is 1. The van der Waals surface area contributed by atoms with Crippen molar-refractivity contribution in [1.82, 2.24) is 19.7 Å². The molecule has 1 amide bonds. The maximum atomic E-state index is 14.2. The summed E-state index contributed by atoms with van der Waals surface area (Å²) in [6, 6.07) is 2.12. The van der Waals surface area contributed by atoms with Gasteiger partial charge in [0.25, 0.3) is 5.56 Å². The minimum absolute atomic E-state index is 0.0156. The molecule has 140 valence electrons. The van der Waals surface area contributed by atoms with Gasteiger partial charge < -0.3 is 9.88 Å². The highest BCUT2D eigenvalue weighted by Gasteiger charge is 2.27. The number of carbonyl (C=O) groups is 1. The van der Waals surface area contributed by atoms with Gasteiger partial charge in [0.1, 0.15) is 22.8 Å². The number of nitrogens with one attached hydrogen (secondary N) is 1. The number of carbonyl (C=O) groups excluding carboxylic acids is 1. The molecule has 0 spiro atoms. The van der Waals surface area contributed by atoms with Gasteiger partial charge in [0, 0.05) is 32.0 Å². The highest BCUT2D eigenvalue weighted by Crippen LogP contribution is 2.32. The van der Waals surface area contributed by atoms with E-state index in [1.807, 2.05) is 0 Å². The zero-order chi connectivity index (χ0) is 19.1. The molecule has 9 heteroatoms. The van der Waals surface area contributed by atoms with Crippen LogP contribution in [0.5, 0.6) is 0 Å². The van der Waals surface area contributed by atoms with Gasteiger partial charge in [0.2, 0.25) is 5.91 Å². The molecule has 0 saturated heterocycles. The molecule has 4 rings (SSSR count). The van der Waals surface area contributed by atoms with Crippen LogP contribution in [0.4, 0.5) is 14.5 Å². The number of fused-ring (bicyclic) bond motifs is 2. The standard InChI is InChI=1S/C18H17F2N5O2/c1-24-17-11(9-21-24)18(27)23-14(22-17)6-7-15(26)25-8-2-3-10-12(19)4-5-13(20)16(10)25/h4-5,9H,2-3,6-8H2,1H3,(H,22,23,27). The number of aryl methyl sites for hydroxylation is 2.